The summed E-state index contributed by atoms with van der Waals surface area (Å²) in [6.45, 7) is 2.65. The molecule has 0 radical (unpaired) electrons. The number of allylic oxidation sites excluding steroid dienone is 1. The molecule has 0 heterocycles. The van der Waals surface area contributed by atoms with E-state index < -0.39 is 20.0 Å². The molecule has 0 aliphatic carbocycles. The quantitative estimate of drug-likeness (QED) is 0.135. The van der Waals surface area contributed by atoms with Crippen LogP contribution in [0.1, 0.15) is 64.7 Å². The molecular formula is C20H44N2O5P+. The molecule has 8 heteroatoms. The zero-order valence-electron chi connectivity index (χ0n) is 18.4. The van der Waals surface area contributed by atoms with Gasteiger partial charge in [-0.25, -0.2) is 4.57 Å². The van der Waals surface area contributed by atoms with Gasteiger partial charge in [0.15, 0.2) is 0 Å². The summed E-state index contributed by atoms with van der Waals surface area (Å²) < 4.78 is 22.2. The maximum Gasteiger partial charge on any atom is 0.472 e. The van der Waals surface area contributed by atoms with Crippen molar-refractivity contribution < 1.29 is 28.1 Å². The van der Waals surface area contributed by atoms with Crippen LogP contribution in [-0.4, -0.2) is 67.5 Å². The molecule has 0 aromatic heterocycles. The van der Waals surface area contributed by atoms with Gasteiger partial charge in [0.25, 0.3) is 0 Å². The lowest BCUT2D eigenvalue weighted by Gasteiger charge is -2.24. The molecule has 3 atom stereocenters. The lowest BCUT2D eigenvalue weighted by molar-refractivity contribution is -0.870. The van der Waals surface area contributed by atoms with Gasteiger partial charge >= 0.3 is 7.82 Å². The van der Waals surface area contributed by atoms with E-state index >= 15 is 0 Å². The van der Waals surface area contributed by atoms with Crippen molar-refractivity contribution in [3.8, 4) is 0 Å². The van der Waals surface area contributed by atoms with E-state index in [1.54, 1.807) is 6.08 Å². The summed E-state index contributed by atoms with van der Waals surface area (Å²) in [7, 11) is 1.72. The maximum absolute atomic E-state index is 11.8. The second kappa shape index (κ2) is 15.6. The SMILES string of the molecule is CCCCCCCCCC/C=C/[C@@H](O)[C@@H](N)COP(=O)(O)OCC[N+](C)(C)C. The van der Waals surface area contributed by atoms with Crippen LogP contribution in [0.15, 0.2) is 12.2 Å². The number of aliphatic hydroxyl groups is 1. The molecule has 0 saturated carbocycles. The Hall–Kier alpha value is -0.270. The number of rotatable bonds is 18. The fraction of sp³-hybridized carbons (Fsp3) is 0.900. The van der Waals surface area contributed by atoms with E-state index in [9.17, 15) is 14.6 Å². The van der Waals surface area contributed by atoms with Crippen molar-refractivity contribution in [3.05, 3.63) is 12.2 Å². The van der Waals surface area contributed by atoms with Gasteiger partial charge in [0.1, 0.15) is 13.2 Å². The number of hydrogen-bond acceptors (Lipinski definition) is 5. The first-order valence-electron chi connectivity index (χ1n) is 10.6. The number of phosphoric acid groups is 1. The molecule has 28 heavy (non-hydrogen) atoms. The summed E-state index contributed by atoms with van der Waals surface area (Å²) in [6, 6.07) is -0.780. The van der Waals surface area contributed by atoms with Gasteiger partial charge < -0.3 is 20.2 Å². The van der Waals surface area contributed by atoms with Crippen LogP contribution in [0.4, 0.5) is 0 Å². The Balaban J connectivity index is 3.85. The monoisotopic (exact) mass is 423 g/mol. The maximum atomic E-state index is 11.8. The van der Waals surface area contributed by atoms with Crippen LogP contribution in [0.25, 0.3) is 0 Å². The number of phosphoric ester groups is 1. The number of aliphatic hydroxyl groups excluding tert-OH is 1. The standard InChI is InChI=1S/C20H43N2O5P/c1-5-6-7-8-9-10-11-12-13-14-15-20(23)19(21)18-27-28(24,25)26-17-16-22(2,3)4/h14-15,19-20,23H,5-13,16-18,21H2,1-4H3/p+1/b15-14+/t19-,20+/m0/s1. The fourth-order valence-corrected chi connectivity index (χ4v) is 3.27. The Labute approximate surface area is 172 Å². The third-order valence-electron chi connectivity index (χ3n) is 4.44. The average Bonchev–Trinajstić information content (AvgIpc) is 2.59. The molecule has 0 spiro atoms. The molecule has 0 rings (SSSR count). The van der Waals surface area contributed by atoms with E-state index in [2.05, 4.69) is 6.92 Å². The van der Waals surface area contributed by atoms with E-state index in [0.717, 1.165) is 12.8 Å². The van der Waals surface area contributed by atoms with Crippen LogP contribution < -0.4 is 5.73 Å². The lowest BCUT2D eigenvalue weighted by atomic mass is 10.1. The Morgan fingerprint density at radius 3 is 2.18 bits per heavy atom. The molecular weight excluding hydrogens is 379 g/mol. The zero-order chi connectivity index (χ0) is 21.5. The summed E-state index contributed by atoms with van der Waals surface area (Å²) in [4.78, 5) is 9.66. The predicted octanol–water partition coefficient (Wildman–Crippen LogP) is 3.60. The highest BCUT2D eigenvalue weighted by molar-refractivity contribution is 7.47. The minimum atomic E-state index is -4.15. The van der Waals surface area contributed by atoms with E-state index in [4.69, 9.17) is 14.8 Å². The van der Waals surface area contributed by atoms with Gasteiger partial charge in [0.2, 0.25) is 0 Å². The van der Waals surface area contributed by atoms with Gasteiger partial charge in [-0.1, -0.05) is 64.0 Å². The van der Waals surface area contributed by atoms with Crippen LogP contribution in [0.2, 0.25) is 0 Å². The fourth-order valence-electron chi connectivity index (χ4n) is 2.52. The van der Waals surface area contributed by atoms with Gasteiger partial charge in [0.05, 0.1) is 39.9 Å². The number of likely N-dealkylation sites (N-methyl/N-ethyl adjacent to an activating group) is 1. The molecule has 1 unspecified atom stereocenters. The van der Waals surface area contributed by atoms with E-state index in [1.807, 2.05) is 27.2 Å². The van der Waals surface area contributed by atoms with Crippen LogP contribution in [0.3, 0.4) is 0 Å². The molecule has 0 fully saturated rings. The van der Waals surface area contributed by atoms with Crippen molar-refractivity contribution in [2.45, 2.75) is 76.9 Å². The molecule has 4 N–H and O–H groups in total. The van der Waals surface area contributed by atoms with E-state index in [1.165, 1.54) is 44.9 Å². The number of unbranched alkanes of at least 4 members (excludes halogenated alkanes) is 8. The van der Waals surface area contributed by atoms with E-state index in [-0.39, 0.29) is 13.2 Å². The second-order valence-corrected chi connectivity index (χ2v) is 9.91. The topological polar surface area (TPSA) is 102 Å². The van der Waals surface area contributed by atoms with Gasteiger partial charge in [0, 0.05) is 0 Å². The van der Waals surface area contributed by atoms with Crippen molar-refractivity contribution in [1.82, 2.24) is 0 Å². The highest BCUT2D eigenvalue weighted by atomic mass is 31.2. The third kappa shape index (κ3) is 17.8. The first-order chi connectivity index (χ1) is 13.1. The van der Waals surface area contributed by atoms with Gasteiger partial charge in [-0.15, -0.1) is 0 Å². The summed E-state index contributed by atoms with van der Waals surface area (Å²) in [6.07, 6.45) is 13.6. The second-order valence-electron chi connectivity index (χ2n) is 8.46. The molecule has 0 bridgehead atoms. The summed E-state index contributed by atoms with van der Waals surface area (Å²) in [5, 5.41) is 10.0. The third-order valence-corrected chi connectivity index (χ3v) is 5.43. The van der Waals surface area contributed by atoms with E-state index in [0.29, 0.717) is 11.0 Å². The van der Waals surface area contributed by atoms with Gasteiger partial charge in [-0.3, -0.25) is 9.05 Å². The smallest absolute Gasteiger partial charge is 0.387 e. The predicted molar refractivity (Wildman–Crippen MR) is 115 cm³/mol. The van der Waals surface area contributed by atoms with Crippen LogP contribution in [-0.2, 0) is 13.6 Å². The molecule has 0 aromatic carbocycles. The van der Waals surface area contributed by atoms with Gasteiger partial charge in [-0.2, -0.15) is 0 Å². The first-order valence-corrected chi connectivity index (χ1v) is 12.1. The molecule has 0 aromatic rings. The first kappa shape index (κ1) is 27.7. The Morgan fingerprint density at radius 1 is 1.04 bits per heavy atom. The summed E-state index contributed by atoms with van der Waals surface area (Å²) in [5.41, 5.74) is 5.83. The summed E-state index contributed by atoms with van der Waals surface area (Å²) in [5.74, 6) is 0. The molecule has 0 saturated heterocycles. The Kier molecular flexibility index (Phi) is 15.4. The van der Waals surface area contributed by atoms with Crippen molar-refractivity contribution in [1.29, 1.82) is 0 Å². The lowest BCUT2D eigenvalue weighted by Crippen LogP contribution is -2.38. The van der Waals surface area contributed by atoms with Crippen LogP contribution >= 0.6 is 7.82 Å². The molecule has 7 nitrogen and oxygen atoms in total. The highest BCUT2D eigenvalue weighted by Gasteiger charge is 2.25. The molecule has 0 aliphatic heterocycles. The van der Waals surface area contributed by atoms with Crippen molar-refractivity contribution in [2.75, 3.05) is 40.9 Å². The van der Waals surface area contributed by atoms with Crippen LogP contribution in [0, 0.1) is 0 Å². The zero-order valence-corrected chi connectivity index (χ0v) is 19.3. The Morgan fingerprint density at radius 2 is 1.61 bits per heavy atom. The van der Waals surface area contributed by atoms with Crippen LogP contribution in [0.5, 0.6) is 0 Å². The Bertz CT molecular complexity index is 454. The number of nitrogens with zero attached hydrogens (tertiary/aromatic N) is 1. The number of quaternary nitrogens is 1. The number of hydrogen-bond donors (Lipinski definition) is 3. The van der Waals surface area contributed by atoms with Crippen molar-refractivity contribution in [3.63, 3.8) is 0 Å². The van der Waals surface area contributed by atoms with Crippen molar-refractivity contribution >= 4 is 7.82 Å². The number of nitrogens with two attached hydrogens (primary N) is 1. The summed E-state index contributed by atoms with van der Waals surface area (Å²) >= 11 is 0. The van der Waals surface area contributed by atoms with Gasteiger partial charge in [-0.05, 0) is 12.8 Å². The van der Waals surface area contributed by atoms with Crippen molar-refractivity contribution in [2.24, 2.45) is 5.73 Å². The molecule has 0 amide bonds. The largest absolute Gasteiger partial charge is 0.472 e. The minimum Gasteiger partial charge on any atom is -0.387 e. The highest BCUT2D eigenvalue weighted by Crippen LogP contribution is 2.43. The average molecular weight is 424 g/mol. The minimum absolute atomic E-state index is 0.105. The normalized spacial score (nSPS) is 17.0. The molecule has 168 valence electrons. The molecule has 0 aliphatic rings.